The van der Waals surface area contributed by atoms with E-state index >= 15 is 0 Å². The lowest BCUT2D eigenvalue weighted by Crippen LogP contribution is -2.54. The van der Waals surface area contributed by atoms with E-state index in [9.17, 15) is 5.11 Å². The molecular weight excluding hydrogens is 360 g/mol. The molecule has 0 saturated heterocycles. The smallest absolute Gasteiger partial charge is 0.192 e. The first kappa shape index (κ1) is 24.0. The zero-order valence-electron chi connectivity index (χ0n) is 20.1. The minimum atomic E-state index is -1.74. The van der Waals surface area contributed by atoms with Crippen molar-refractivity contribution < 1.29 is 9.53 Å². The fourth-order valence-electron chi connectivity index (χ4n) is 5.56. The quantitative estimate of drug-likeness (QED) is 0.411. The summed E-state index contributed by atoms with van der Waals surface area (Å²) >= 11 is 0. The van der Waals surface area contributed by atoms with E-state index in [1.54, 1.807) is 13.8 Å². The van der Waals surface area contributed by atoms with Crippen molar-refractivity contribution in [3.8, 4) is 11.8 Å². The second-order valence-corrected chi connectivity index (χ2v) is 16.8. The number of rotatable bonds is 4. The average molecular weight is 407 g/mol. The van der Waals surface area contributed by atoms with Gasteiger partial charge in [-0.15, -0.1) is 5.92 Å². The third kappa shape index (κ3) is 5.44. The van der Waals surface area contributed by atoms with Gasteiger partial charge in [0.05, 0.1) is 0 Å². The molecule has 0 radical (unpaired) electrons. The van der Waals surface area contributed by atoms with Crippen LogP contribution in [0.3, 0.4) is 0 Å². The van der Waals surface area contributed by atoms with Crippen LogP contribution in [0.25, 0.3) is 0 Å². The van der Waals surface area contributed by atoms with Gasteiger partial charge < -0.3 is 9.53 Å². The third-order valence-corrected chi connectivity index (χ3v) is 12.6. The summed E-state index contributed by atoms with van der Waals surface area (Å²) in [5, 5.41) is 10.2. The fraction of sp³-hybridized carbons (Fsp3) is 0.920. The van der Waals surface area contributed by atoms with Crippen LogP contribution >= 0.6 is 0 Å². The molecule has 1 N–H and O–H groups in total. The van der Waals surface area contributed by atoms with E-state index in [0.717, 1.165) is 6.42 Å². The SMILES string of the molecule is C[C@H](CC#CC(C)(C)O)[C@H]1CCC[C@H]2[C@@H](O[Si](C)(C)C(C)(C)C)CCC[C@]12C. The Hall–Kier alpha value is -0.303. The number of fused-ring (bicyclic) bond motifs is 1. The van der Waals surface area contributed by atoms with E-state index in [1.165, 1.54) is 38.5 Å². The van der Waals surface area contributed by atoms with Gasteiger partial charge in [-0.1, -0.05) is 53.4 Å². The molecule has 3 heteroatoms. The van der Waals surface area contributed by atoms with Crippen LogP contribution in [0.15, 0.2) is 0 Å². The van der Waals surface area contributed by atoms with Crippen LogP contribution < -0.4 is 0 Å². The van der Waals surface area contributed by atoms with E-state index < -0.39 is 13.9 Å². The maximum atomic E-state index is 9.90. The molecule has 0 heterocycles. The van der Waals surface area contributed by atoms with Crippen LogP contribution in [-0.4, -0.2) is 25.1 Å². The summed E-state index contributed by atoms with van der Waals surface area (Å²) in [4.78, 5) is 0. The molecule has 0 aromatic heterocycles. The van der Waals surface area contributed by atoms with Crippen molar-refractivity contribution in [3.05, 3.63) is 0 Å². The molecule has 2 aliphatic carbocycles. The monoisotopic (exact) mass is 406 g/mol. The first-order chi connectivity index (χ1) is 12.7. The van der Waals surface area contributed by atoms with E-state index in [4.69, 9.17) is 4.43 Å². The lowest BCUT2D eigenvalue weighted by molar-refractivity contribution is -0.0860. The fourth-order valence-corrected chi connectivity index (χ4v) is 6.95. The Labute approximate surface area is 176 Å². The van der Waals surface area contributed by atoms with Gasteiger partial charge in [0.15, 0.2) is 8.32 Å². The van der Waals surface area contributed by atoms with Gasteiger partial charge in [0.1, 0.15) is 5.60 Å². The van der Waals surface area contributed by atoms with Crippen LogP contribution in [0.4, 0.5) is 0 Å². The van der Waals surface area contributed by atoms with Gasteiger partial charge in [0.2, 0.25) is 0 Å². The molecule has 0 aliphatic heterocycles. The van der Waals surface area contributed by atoms with E-state index in [2.05, 4.69) is 59.6 Å². The van der Waals surface area contributed by atoms with E-state index in [0.29, 0.717) is 29.3 Å². The summed E-state index contributed by atoms with van der Waals surface area (Å²) in [7, 11) is -1.74. The van der Waals surface area contributed by atoms with Gasteiger partial charge in [-0.3, -0.25) is 0 Å². The Morgan fingerprint density at radius 3 is 2.32 bits per heavy atom. The first-order valence-electron chi connectivity index (χ1n) is 11.6. The summed E-state index contributed by atoms with van der Waals surface area (Å²) in [6, 6.07) is 0. The Kier molecular flexibility index (Phi) is 7.23. The minimum absolute atomic E-state index is 0.273. The highest BCUT2D eigenvalue weighted by Crippen LogP contribution is 2.57. The highest BCUT2D eigenvalue weighted by molar-refractivity contribution is 6.74. The van der Waals surface area contributed by atoms with E-state index in [-0.39, 0.29) is 5.04 Å². The molecule has 5 atom stereocenters. The highest BCUT2D eigenvalue weighted by atomic mass is 28.4. The van der Waals surface area contributed by atoms with Crippen LogP contribution in [0, 0.1) is 35.0 Å². The average Bonchev–Trinajstić information content (AvgIpc) is 2.51. The maximum absolute atomic E-state index is 9.90. The molecule has 2 saturated carbocycles. The van der Waals surface area contributed by atoms with Crippen molar-refractivity contribution in [2.45, 2.75) is 123 Å². The summed E-state index contributed by atoms with van der Waals surface area (Å²) in [6.07, 6.45) is 9.19. The Morgan fingerprint density at radius 2 is 1.75 bits per heavy atom. The zero-order chi connectivity index (χ0) is 21.4. The van der Waals surface area contributed by atoms with Crippen LogP contribution in [-0.2, 0) is 4.43 Å². The van der Waals surface area contributed by atoms with Crippen molar-refractivity contribution in [3.63, 3.8) is 0 Å². The Balaban J connectivity index is 2.17. The van der Waals surface area contributed by atoms with Gasteiger partial charge in [0, 0.05) is 12.5 Å². The van der Waals surface area contributed by atoms with Crippen molar-refractivity contribution in [1.82, 2.24) is 0 Å². The molecule has 0 bridgehead atoms. The molecular formula is C25H46O2Si. The predicted octanol–water partition coefficient (Wildman–Crippen LogP) is 6.78. The van der Waals surface area contributed by atoms with Gasteiger partial charge in [-0.25, -0.2) is 0 Å². The lowest BCUT2D eigenvalue weighted by atomic mass is 9.52. The summed E-state index contributed by atoms with van der Waals surface area (Å²) in [5.41, 5.74) is -0.509. The highest BCUT2D eigenvalue weighted by Gasteiger charge is 2.52. The normalized spacial score (nSPS) is 32.9. The van der Waals surface area contributed by atoms with Crippen molar-refractivity contribution in [2.75, 3.05) is 0 Å². The molecule has 0 amide bonds. The minimum Gasteiger partial charge on any atom is -0.414 e. The molecule has 0 aromatic rings. The van der Waals surface area contributed by atoms with Crippen LogP contribution in [0.1, 0.15) is 93.4 Å². The van der Waals surface area contributed by atoms with Crippen molar-refractivity contribution >= 4 is 8.32 Å². The molecule has 28 heavy (non-hydrogen) atoms. The largest absolute Gasteiger partial charge is 0.414 e. The number of aliphatic hydroxyl groups is 1. The second kappa shape index (κ2) is 8.44. The molecule has 0 spiro atoms. The van der Waals surface area contributed by atoms with Gasteiger partial charge >= 0.3 is 0 Å². The molecule has 2 fully saturated rings. The second-order valence-electron chi connectivity index (χ2n) is 12.0. The lowest BCUT2D eigenvalue weighted by Gasteiger charge is -2.56. The van der Waals surface area contributed by atoms with Gasteiger partial charge in [0.25, 0.3) is 0 Å². The standard InChI is InChI=1S/C25H46O2Si/c1-19(13-11-17-24(5,6)26)20-14-10-15-21-22(16-12-18-25(20,21)7)27-28(8,9)23(2,3)4/h19-22,26H,10,12-16,18H2,1-9H3/t19-,20-,21+,22+,25-/m1/s1. The van der Waals surface area contributed by atoms with E-state index in [1.807, 2.05) is 0 Å². The molecule has 2 nitrogen and oxygen atoms in total. The Bertz CT molecular complexity index is 586. The molecule has 0 aromatic carbocycles. The zero-order valence-corrected chi connectivity index (χ0v) is 21.1. The van der Waals surface area contributed by atoms with Crippen LogP contribution in [0.5, 0.6) is 0 Å². The van der Waals surface area contributed by atoms with Gasteiger partial charge in [-0.05, 0) is 80.8 Å². The predicted molar refractivity (Wildman–Crippen MR) is 123 cm³/mol. The van der Waals surface area contributed by atoms with Crippen LogP contribution in [0.2, 0.25) is 18.1 Å². The summed E-state index contributed by atoms with van der Waals surface area (Å²) in [5.74, 6) is 8.29. The van der Waals surface area contributed by atoms with Crippen molar-refractivity contribution in [2.24, 2.45) is 23.2 Å². The summed E-state index contributed by atoms with van der Waals surface area (Å²) in [6.45, 7) is 20.4. The third-order valence-electron chi connectivity index (χ3n) is 8.13. The van der Waals surface area contributed by atoms with Crippen molar-refractivity contribution in [1.29, 1.82) is 0 Å². The molecule has 2 aliphatic rings. The first-order valence-corrected chi connectivity index (χ1v) is 14.5. The topological polar surface area (TPSA) is 29.5 Å². The molecule has 2 rings (SSSR count). The maximum Gasteiger partial charge on any atom is 0.192 e. The molecule has 0 unspecified atom stereocenters. The Morgan fingerprint density at radius 1 is 1.11 bits per heavy atom. The molecule has 162 valence electrons. The summed E-state index contributed by atoms with van der Waals surface area (Å²) < 4.78 is 7.01. The van der Waals surface area contributed by atoms with Gasteiger partial charge in [-0.2, -0.15) is 0 Å². The number of hydrogen-bond acceptors (Lipinski definition) is 2. The number of hydrogen-bond donors (Lipinski definition) is 1.